The van der Waals surface area contributed by atoms with Gasteiger partial charge in [0.05, 0.1) is 17.6 Å². The van der Waals surface area contributed by atoms with E-state index in [0.29, 0.717) is 22.5 Å². The predicted octanol–water partition coefficient (Wildman–Crippen LogP) is 4.66. The number of phenols is 1. The Bertz CT molecular complexity index is 1380. The van der Waals surface area contributed by atoms with Gasteiger partial charge in [-0.2, -0.15) is 9.78 Å². The summed E-state index contributed by atoms with van der Waals surface area (Å²) in [5, 5.41) is 23.9. The van der Waals surface area contributed by atoms with Crippen LogP contribution in [0.3, 0.4) is 0 Å². The van der Waals surface area contributed by atoms with Crippen molar-refractivity contribution in [3.05, 3.63) is 83.6 Å². The van der Waals surface area contributed by atoms with Crippen LogP contribution in [0.5, 0.6) is 5.75 Å². The molecule has 0 unspecified atom stereocenters. The van der Waals surface area contributed by atoms with Gasteiger partial charge in [0.15, 0.2) is 0 Å². The summed E-state index contributed by atoms with van der Waals surface area (Å²) in [5.41, 5.74) is 2.29. The number of carbonyl (C=O) groups excluding carboxylic acids is 2. The second kappa shape index (κ2) is 9.41. The highest BCUT2D eigenvalue weighted by Gasteiger charge is 2.27. The number of benzene rings is 2. The Morgan fingerprint density at radius 1 is 1.14 bits per heavy atom. The molecule has 1 fully saturated rings. The maximum atomic E-state index is 13.9. The zero-order valence-corrected chi connectivity index (χ0v) is 18.6. The molecular weight excluding hydrogens is 453 g/mol. The normalized spacial score (nSPS) is 13.3. The molecule has 178 valence electrons. The molecule has 2 heterocycles. The number of halogens is 1. The summed E-state index contributed by atoms with van der Waals surface area (Å²) < 4.78 is 20.1. The number of anilines is 1. The highest BCUT2D eigenvalue weighted by atomic mass is 19.1. The van der Waals surface area contributed by atoms with E-state index >= 15 is 0 Å². The number of rotatable bonds is 6. The van der Waals surface area contributed by atoms with Crippen LogP contribution in [0.2, 0.25) is 0 Å². The van der Waals surface area contributed by atoms with Gasteiger partial charge >= 0.3 is 6.03 Å². The lowest BCUT2D eigenvalue weighted by Crippen LogP contribution is -2.31. The van der Waals surface area contributed by atoms with Crippen molar-refractivity contribution in [1.82, 2.24) is 20.3 Å². The van der Waals surface area contributed by atoms with Gasteiger partial charge in [-0.1, -0.05) is 29.8 Å². The van der Waals surface area contributed by atoms with Crippen molar-refractivity contribution in [2.75, 3.05) is 5.32 Å². The smallest absolute Gasteiger partial charge is 0.342 e. The van der Waals surface area contributed by atoms with Crippen molar-refractivity contribution < 1.29 is 23.6 Å². The van der Waals surface area contributed by atoms with Crippen LogP contribution >= 0.6 is 0 Å². The number of aromatic nitrogens is 3. The quantitative estimate of drug-likeness (QED) is 0.373. The molecule has 0 spiro atoms. The lowest BCUT2D eigenvalue weighted by atomic mass is 9.82. The zero-order valence-electron chi connectivity index (χ0n) is 18.6. The Hall–Kier alpha value is -4.47. The van der Waals surface area contributed by atoms with Gasteiger partial charge in [-0.3, -0.25) is 4.79 Å². The SMILES string of the molecule is O=C(Nc1ccc(-c2cc(C3CCC3)n(C(=O)NCc3ccccc3F)n2)c(O)c1)c1ccno1. The van der Waals surface area contributed by atoms with E-state index in [1.807, 2.05) is 0 Å². The van der Waals surface area contributed by atoms with Crippen molar-refractivity contribution in [2.45, 2.75) is 31.7 Å². The fourth-order valence-corrected chi connectivity index (χ4v) is 3.92. The maximum Gasteiger partial charge on any atom is 0.342 e. The summed E-state index contributed by atoms with van der Waals surface area (Å²) in [7, 11) is 0. The van der Waals surface area contributed by atoms with Crippen molar-refractivity contribution in [3.63, 3.8) is 0 Å². The molecule has 0 bridgehead atoms. The van der Waals surface area contributed by atoms with Crippen molar-refractivity contribution >= 4 is 17.6 Å². The minimum atomic E-state index is -0.502. The Morgan fingerprint density at radius 2 is 1.97 bits per heavy atom. The van der Waals surface area contributed by atoms with E-state index in [0.717, 1.165) is 25.0 Å². The zero-order chi connectivity index (χ0) is 24.4. The largest absolute Gasteiger partial charge is 0.507 e. The highest BCUT2D eigenvalue weighted by molar-refractivity contribution is 6.02. The average molecular weight is 475 g/mol. The van der Waals surface area contributed by atoms with E-state index in [-0.39, 0.29) is 24.0 Å². The summed E-state index contributed by atoms with van der Waals surface area (Å²) in [6, 6.07) is 13.6. The Morgan fingerprint density at radius 3 is 2.66 bits per heavy atom. The van der Waals surface area contributed by atoms with Crippen LogP contribution in [0.1, 0.15) is 47.0 Å². The summed E-state index contributed by atoms with van der Waals surface area (Å²) in [6.07, 6.45) is 4.29. The molecular formula is C25H22FN5O4. The minimum Gasteiger partial charge on any atom is -0.507 e. The second-order valence-corrected chi connectivity index (χ2v) is 8.31. The third-order valence-corrected chi connectivity index (χ3v) is 6.03. The average Bonchev–Trinajstić information content (AvgIpc) is 3.48. The van der Waals surface area contributed by atoms with Crippen LogP contribution in [-0.2, 0) is 6.54 Å². The first kappa shape index (κ1) is 22.3. The van der Waals surface area contributed by atoms with E-state index in [1.165, 1.54) is 29.1 Å². The lowest BCUT2D eigenvalue weighted by Gasteiger charge is -2.25. The Balaban J connectivity index is 1.37. The van der Waals surface area contributed by atoms with Gasteiger partial charge in [0.1, 0.15) is 11.6 Å². The minimum absolute atomic E-state index is 0.0235. The first-order chi connectivity index (χ1) is 17.0. The Labute approximate surface area is 199 Å². The van der Waals surface area contributed by atoms with Crippen LogP contribution in [-0.4, -0.2) is 32.0 Å². The monoisotopic (exact) mass is 475 g/mol. The first-order valence-electron chi connectivity index (χ1n) is 11.2. The highest BCUT2D eigenvalue weighted by Crippen LogP contribution is 2.39. The third-order valence-electron chi connectivity index (χ3n) is 6.03. The van der Waals surface area contributed by atoms with E-state index in [4.69, 9.17) is 4.52 Å². The molecule has 35 heavy (non-hydrogen) atoms. The van der Waals surface area contributed by atoms with E-state index in [2.05, 4.69) is 20.9 Å². The Kier molecular flexibility index (Phi) is 6.01. The molecule has 10 heteroatoms. The van der Waals surface area contributed by atoms with Gasteiger partial charge in [-0.25, -0.2) is 9.18 Å². The topological polar surface area (TPSA) is 122 Å². The van der Waals surface area contributed by atoms with Gasteiger partial charge in [0, 0.05) is 41.4 Å². The number of hydrogen-bond donors (Lipinski definition) is 3. The van der Waals surface area contributed by atoms with Gasteiger partial charge in [0.25, 0.3) is 5.91 Å². The van der Waals surface area contributed by atoms with Gasteiger partial charge in [-0.15, -0.1) is 0 Å². The number of hydrogen-bond acceptors (Lipinski definition) is 6. The molecule has 0 atom stereocenters. The van der Waals surface area contributed by atoms with Crippen LogP contribution < -0.4 is 10.6 Å². The number of carbonyl (C=O) groups is 2. The van der Waals surface area contributed by atoms with E-state index in [1.54, 1.807) is 36.4 Å². The van der Waals surface area contributed by atoms with Crippen molar-refractivity contribution in [1.29, 1.82) is 0 Å². The van der Waals surface area contributed by atoms with Crippen LogP contribution in [0.4, 0.5) is 14.9 Å². The van der Waals surface area contributed by atoms with Crippen molar-refractivity contribution in [2.24, 2.45) is 0 Å². The molecule has 1 saturated carbocycles. The maximum absolute atomic E-state index is 13.9. The molecule has 9 nitrogen and oxygen atoms in total. The van der Waals surface area contributed by atoms with Crippen LogP contribution in [0, 0.1) is 5.82 Å². The number of phenolic OH excluding ortho intramolecular Hbond substituents is 1. The molecule has 2 amide bonds. The van der Waals surface area contributed by atoms with Gasteiger partial charge in [-0.05, 0) is 37.1 Å². The molecule has 0 saturated heterocycles. The number of amides is 2. The fourth-order valence-electron chi connectivity index (χ4n) is 3.92. The van der Waals surface area contributed by atoms with Gasteiger partial charge in [0.2, 0.25) is 5.76 Å². The van der Waals surface area contributed by atoms with Crippen LogP contribution in [0.15, 0.2) is 65.3 Å². The lowest BCUT2D eigenvalue weighted by molar-refractivity contribution is 0.0988. The second-order valence-electron chi connectivity index (χ2n) is 8.31. The van der Waals surface area contributed by atoms with E-state index in [9.17, 15) is 19.1 Å². The summed E-state index contributed by atoms with van der Waals surface area (Å²) >= 11 is 0. The number of nitrogens with one attached hydrogen (secondary N) is 2. The molecule has 3 N–H and O–H groups in total. The molecule has 2 aromatic heterocycles. The summed E-state index contributed by atoms with van der Waals surface area (Å²) in [5.74, 6) is -0.792. The number of aromatic hydroxyl groups is 1. The summed E-state index contributed by atoms with van der Waals surface area (Å²) in [4.78, 5) is 25.1. The van der Waals surface area contributed by atoms with E-state index < -0.39 is 17.8 Å². The number of nitrogens with zero attached hydrogens (tertiary/aromatic N) is 3. The molecule has 4 aromatic rings. The first-order valence-corrected chi connectivity index (χ1v) is 11.2. The molecule has 1 aliphatic rings. The van der Waals surface area contributed by atoms with Crippen LogP contribution in [0.25, 0.3) is 11.3 Å². The molecule has 5 rings (SSSR count). The third kappa shape index (κ3) is 4.63. The molecule has 0 aliphatic heterocycles. The van der Waals surface area contributed by atoms with Crippen molar-refractivity contribution in [3.8, 4) is 17.0 Å². The fraction of sp³-hybridized carbons (Fsp3) is 0.200. The summed E-state index contributed by atoms with van der Waals surface area (Å²) in [6.45, 7) is 0.0235. The molecule has 0 radical (unpaired) electrons. The van der Waals surface area contributed by atoms with Gasteiger partial charge < -0.3 is 20.3 Å². The standard InChI is InChI=1S/C25H22FN5O4/c26-19-7-2-1-4-16(19)14-27-25(34)31-21(15-5-3-6-15)13-20(30-31)18-9-8-17(12-22(18)32)29-24(33)23-10-11-28-35-23/h1-2,4,7-13,15,32H,3,5-6,14H2,(H,27,34)(H,29,33). The molecule has 1 aliphatic carbocycles. The molecule has 2 aromatic carbocycles. The predicted molar refractivity (Wildman–Crippen MR) is 124 cm³/mol.